The van der Waals surface area contributed by atoms with Crippen LogP contribution in [0.3, 0.4) is 0 Å². The van der Waals surface area contributed by atoms with Gasteiger partial charge in [-0.1, -0.05) is 29.3 Å². The molecule has 7 heteroatoms. The van der Waals surface area contributed by atoms with E-state index < -0.39 is 0 Å². The predicted octanol–water partition coefficient (Wildman–Crippen LogP) is 2.67. The lowest BCUT2D eigenvalue weighted by Gasteiger charge is -2.26. The zero-order valence-electron chi connectivity index (χ0n) is 11.3. The normalized spacial score (nSPS) is 15.0. The first-order chi connectivity index (χ1) is 10.1. The van der Waals surface area contributed by atoms with Crippen LogP contribution in [0.1, 0.15) is 22.6 Å². The molecular formula is C14H14Cl2N4O. The minimum atomic E-state index is 0.00883. The maximum absolute atomic E-state index is 12.3. The number of carbonyl (C=O) groups is 1. The highest BCUT2D eigenvalue weighted by atomic mass is 35.5. The molecule has 0 radical (unpaired) electrons. The predicted molar refractivity (Wildman–Crippen MR) is 80.7 cm³/mol. The van der Waals surface area contributed by atoms with Crippen LogP contribution in [0.25, 0.3) is 0 Å². The second kappa shape index (κ2) is 6.13. The minimum absolute atomic E-state index is 0.00883. The third-order valence-corrected chi connectivity index (χ3v) is 4.44. The number of benzene rings is 1. The highest BCUT2D eigenvalue weighted by Crippen LogP contribution is 2.26. The van der Waals surface area contributed by atoms with Gasteiger partial charge < -0.3 is 4.57 Å². The lowest BCUT2D eigenvalue weighted by atomic mass is 10.1. The average molecular weight is 325 g/mol. The molecule has 110 valence electrons. The van der Waals surface area contributed by atoms with Crippen molar-refractivity contribution in [2.45, 2.75) is 19.5 Å². The number of nitrogens with zero attached hydrogens (tertiary/aromatic N) is 4. The second-order valence-corrected chi connectivity index (χ2v) is 5.78. The third-order valence-electron chi connectivity index (χ3n) is 3.62. The molecule has 0 bridgehead atoms. The molecule has 0 unspecified atom stereocenters. The Morgan fingerprint density at radius 1 is 1.29 bits per heavy atom. The Labute approximate surface area is 132 Å². The molecule has 3 rings (SSSR count). The van der Waals surface area contributed by atoms with Gasteiger partial charge in [0.25, 0.3) is 0 Å². The van der Waals surface area contributed by atoms with Gasteiger partial charge in [0, 0.05) is 31.6 Å². The number of ketones is 1. The van der Waals surface area contributed by atoms with Crippen molar-refractivity contribution in [3.63, 3.8) is 0 Å². The highest BCUT2D eigenvalue weighted by Gasteiger charge is 2.19. The van der Waals surface area contributed by atoms with Crippen LogP contribution in [0.4, 0.5) is 0 Å². The van der Waals surface area contributed by atoms with Crippen molar-refractivity contribution in [3.8, 4) is 0 Å². The largest absolute Gasteiger partial charge is 0.315 e. The van der Waals surface area contributed by atoms with Gasteiger partial charge in [0.1, 0.15) is 12.2 Å². The number of rotatable bonds is 4. The monoisotopic (exact) mass is 324 g/mol. The van der Waals surface area contributed by atoms with E-state index in [1.54, 1.807) is 24.5 Å². The van der Waals surface area contributed by atoms with Crippen molar-refractivity contribution in [2.75, 3.05) is 13.1 Å². The van der Waals surface area contributed by atoms with Crippen LogP contribution in [0.2, 0.25) is 10.0 Å². The Kier molecular flexibility index (Phi) is 4.24. The summed E-state index contributed by atoms with van der Waals surface area (Å²) >= 11 is 12.0. The van der Waals surface area contributed by atoms with Crippen LogP contribution in [0.15, 0.2) is 24.5 Å². The fourth-order valence-electron chi connectivity index (χ4n) is 2.42. The fraction of sp³-hybridized carbons (Fsp3) is 0.357. The molecular weight excluding hydrogens is 311 g/mol. The average Bonchev–Trinajstić information content (AvgIpc) is 2.95. The summed E-state index contributed by atoms with van der Waals surface area (Å²) in [5, 5.41) is 8.70. The van der Waals surface area contributed by atoms with E-state index in [4.69, 9.17) is 23.2 Å². The molecule has 0 amide bonds. The van der Waals surface area contributed by atoms with Gasteiger partial charge in [-0.15, -0.1) is 10.2 Å². The minimum Gasteiger partial charge on any atom is -0.315 e. The molecule has 2 aromatic rings. The summed E-state index contributed by atoms with van der Waals surface area (Å²) in [6, 6.07) is 5.13. The number of halogens is 2. The topological polar surface area (TPSA) is 51.0 Å². The van der Waals surface area contributed by atoms with E-state index in [2.05, 4.69) is 15.1 Å². The molecule has 0 saturated heterocycles. The molecule has 21 heavy (non-hydrogen) atoms. The van der Waals surface area contributed by atoms with Gasteiger partial charge in [0.05, 0.1) is 16.6 Å². The molecule has 1 aliphatic rings. The number of aromatic nitrogens is 3. The zero-order chi connectivity index (χ0) is 14.8. The molecule has 0 fully saturated rings. The SMILES string of the molecule is O=C(CCN1CCn2cnnc2C1)c1cccc(Cl)c1Cl. The van der Waals surface area contributed by atoms with Crippen LogP contribution in [0, 0.1) is 0 Å². The first kappa shape index (κ1) is 14.5. The Bertz CT molecular complexity index is 671. The summed E-state index contributed by atoms with van der Waals surface area (Å²) in [6.45, 7) is 3.14. The highest BCUT2D eigenvalue weighted by molar-refractivity contribution is 6.43. The van der Waals surface area contributed by atoms with E-state index in [1.807, 2.05) is 4.57 Å². The first-order valence-corrected chi connectivity index (χ1v) is 7.47. The van der Waals surface area contributed by atoms with E-state index in [9.17, 15) is 4.79 Å². The van der Waals surface area contributed by atoms with E-state index in [0.29, 0.717) is 28.6 Å². The molecule has 1 aromatic heterocycles. The quantitative estimate of drug-likeness (QED) is 0.811. The van der Waals surface area contributed by atoms with Gasteiger partial charge in [-0.05, 0) is 12.1 Å². The van der Waals surface area contributed by atoms with Gasteiger partial charge in [-0.25, -0.2) is 0 Å². The molecule has 0 atom stereocenters. The fourth-order valence-corrected chi connectivity index (χ4v) is 2.83. The molecule has 1 aromatic carbocycles. The second-order valence-electron chi connectivity index (χ2n) is 4.99. The van der Waals surface area contributed by atoms with Crippen LogP contribution < -0.4 is 0 Å². The van der Waals surface area contributed by atoms with Gasteiger partial charge in [0.2, 0.25) is 0 Å². The van der Waals surface area contributed by atoms with E-state index in [1.165, 1.54) is 0 Å². The summed E-state index contributed by atoms with van der Waals surface area (Å²) in [4.78, 5) is 14.4. The Morgan fingerprint density at radius 3 is 3.00 bits per heavy atom. The van der Waals surface area contributed by atoms with E-state index in [-0.39, 0.29) is 5.78 Å². The lowest BCUT2D eigenvalue weighted by molar-refractivity contribution is 0.0955. The summed E-state index contributed by atoms with van der Waals surface area (Å²) in [5.41, 5.74) is 0.490. The van der Waals surface area contributed by atoms with Crippen LogP contribution in [-0.4, -0.2) is 38.5 Å². The molecule has 1 aliphatic heterocycles. The van der Waals surface area contributed by atoms with Crippen LogP contribution in [-0.2, 0) is 13.1 Å². The summed E-state index contributed by atoms with van der Waals surface area (Å²) < 4.78 is 2.03. The third kappa shape index (κ3) is 3.10. The molecule has 0 saturated carbocycles. The van der Waals surface area contributed by atoms with Crippen molar-refractivity contribution >= 4 is 29.0 Å². The Balaban J connectivity index is 1.61. The maximum Gasteiger partial charge on any atom is 0.165 e. The first-order valence-electron chi connectivity index (χ1n) is 6.71. The molecule has 5 nitrogen and oxygen atoms in total. The van der Waals surface area contributed by atoms with Crippen LogP contribution >= 0.6 is 23.2 Å². The zero-order valence-corrected chi connectivity index (χ0v) is 12.8. The molecule has 0 aliphatic carbocycles. The molecule has 2 heterocycles. The number of fused-ring (bicyclic) bond motifs is 1. The van der Waals surface area contributed by atoms with Crippen molar-refractivity contribution in [1.82, 2.24) is 19.7 Å². The van der Waals surface area contributed by atoms with E-state index >= 15 is 0 Å². The lowest BCUT2D eigenvalue weighted by Crippen LogP contribution is -2.35. The van der Waals surface area contributed by atoms with Crippen molar-refractivity contribution in [1.29, 1.82) is 0 Å². The summed E-state index contributed by atoms with van der Waals surface area (Å²) in [6.07, 6.45) is 2.15. The number of Topliss-reactive ketones (excluding diaryl/α,β-unsaturated/α-hetero) is 1. The van der Waals surface area contributed by atoms with Gasteiger partial charge >= 0.3 is 0 Å². The number of hydrogen-bond donors (Lipinski definition) is 0. The van der Waals surface area contributed by atoms with Gasteiger partial charge in [0.15, 0.2) is 5.78 Å². The molecule has 0 spiro atoms. The maximum atomic E-state index is 12.3. The van der Waals surface area contributed by atoms with Gasteiger partial charge in [-0.3, -0.25) is 9.69 Å². The van der Waals surface area contributed by atoms with Crippen LogP contribution in [0.5, 0.6) is 0 Å². The number of carbonyl (C=O) groups excluding carboxylic acids is 1. The smallest absolute Gasteiger partial charge is 0.165 e. The standard InChI is InChI=1S/C14H14Cl2N4O/c15-11-3-1-2-10(14(11)16)12(21)4-5-19-6-7-20-9-17-18-13(20)8-19/h1-3,9H,4-8H2. The van der Waals surface area contributed by atoms with Crippen molar-refractivity contribution in [3.05, 3.63) is 46.0 Å². The van der Waals surface area contributed by atoms with Crippen molar-refractivity contribution < 1.29 is 4.79 Å². The summed E-state index contributed by atoms with van der Waals surface area (Å²) in [7, 11) is 0. The van der Waals surface area contributed by atoms with E-state index in [0.717, 1.165) is 25.5 Å². The summed E-state index contributed by atoms with van der Waals surface area (Å²) in [5.74, 6) is 0.948. The van der Waals surface area contributed by atoms with Gasteiger partial charge in [-0.2, -0.15) is 0 Å². The number of hydrogen-bond acceptors (Lipinski definition) is 4. The molecule has 0 N–H and O–H groups in total. The van der Waals surface area contributed by atoms with Crippen molar-refractivity contribution in [2.24, 2.45) is 0 Å². The Morgan fingerprint density at radius 2 is 2.14 bits per heavy atom. The Hall–Kier alpha value is -1.43.